The molecule has 3 N–H and O–H groups in total. The maximum Gasteiger partial charge on any atom is 0.281 e. The molecule has 0 fully saturated rings. The first-order valence-corrected chi connectivity index (χ1v) is 6.95. The number of hydrogen-bond acceptors (Lipinski definition) is 4. The van der Waals surface area contributed by atoms with Crippen molar-refractivity contribution in [1.29, 1.82) is 0 Å². The smallest absolute Gasteiger partial charge is 0.281 e. The molecule has 9 heteroatoms. The van der Waals surface area contributed by atoms with Gasteiger partial charge in [0.15, 0.2) is 0 Å². The Morgan fingerprint density at radius 1 is 1.30 bits per heavy atom. The minimum atomic E-state index is -4.15. The molecule has 0 spiro atoms. The van der Waals surface area contributed by atoms with E-state index in [-0.39, 0.29) is 11.3 Å². The molecule has 1 heterocycles. The van der Waals surface area contributed by atoms with Gasteiger partial charge in [0.25, 0.3) is 10.0 Å². The van der Waals surface area contributed by atoms with Crippen LogP contribution in [0.1, 0.15) is 11.3 Å². The fourth-order valence-electron chi connectivity index (χ4n) is 1.65. The van der Waals surface area contributed by atoms with Crippen LogP contribution in [0.25, 0.3) is 0 Å². The van der Waals surface area contributed by atoms with Gasteiger partial charge in [-0.2, -0.15) is 13.5 Å². The molecule has 108 valence electrons. The van der Waals surface area contributed by atoms with Gasteiger partial charge in [0.2, 0.25) is 5.03 Å². The van der Waals surface area contributed by atoms with E-state index in [0.29, 0.717) is 11.8 Å². The van der Waals surface area contributed by atoms with E-state index >= 15 is 0 Å². The summed E-state index contributed by atoms with van der Waals surface area (Å²) in [5.74, 6) is -1.83. The molecule has 20 heavy (non-hydrogen) atoms. The molecule has 0 saturated heterocycles. The first-order valence-electron chi connectivity index (χ1n) is 5.47. The highest BCUT2D eigenvalue weighted by molar-refractivity contribution is 7.92. The Morgan fingerprint density at radius 3 is 2.45 bits per heavy atom. The number of nitrogens with one attached hydrogen (secondary N) is 2. The Hall–Kier alpha value is -2.00. The van der Waals surface area contributed by atoms with Gasteiger partial charge >= 0.3 is 0 Å². The molecule has 0 saturated carbocycles. The minimum Gasteiger partial charge on any atom is -0.392 e. The van der Waals surface area contributed by atoms with E-state index in [9.17, 15) is 17.2 Å². The van der Waals surface area contributed by atoms with Crippen LogP contribution < -0.4 is 4.72 Å². The summed E-state index contributed by atoms with van der Waals surface area (Å²) >= 11 is 0. The largest absolute Gasteiger partial charge is 0.392 e. The van der Waals surface area contributed by atoms with Crippen LogP contribution in [0.5, 0.6) is 0 Å². The fourth-order valence-corrected chi connectivity index (χ4v) is 2.89. The van der Waals surface area contributed by atoms with E-state index in [0.717, 1.165) is 12.1 Å². The Morgan fingerprint density at radius 2 is 1.90 bits per heavy atom. The van der Waals surface area contributed by atoms with Gasteiger partial charge in [-0.3, -0.25) is 9.82 Å². The summed E-state index contributed by atoms with van der Waals surface area (Å²) in [6, 6.07) is 2.28. The van der Waals surface area contributed by atoms with Crippen molar-refractivity contribution in [2.75, 3.05) is 4.72 Å². The normalized spacial score (nSPS) is 11.6. The van der Waals surface area contributed by atoms with Gasteiger partial charge in [-0.05, 0) is 19.1 Å². The van der Waals surface area contributed by atoms with E-state index < -0.39 is 33.3 Å². The van der Waals surface area contributed by atoms with Crippen molar-refractivity contribution >= 4 is 15.7 Å². The van der Waals surface area contributed by atoms with Gasteiger partial charge in [0.1, 0.15) is 11.6 Å². The Kier molecular flexibility index (Phi) is 3.73. The highest BCUT2D eigenvalue weighted by atomic mass is 32.2. The SMILES string of the molecule is Cc1[nH]nc(S(=O)(=O)Nc2cc(F)cc(F)c2)c1CO. The Bertz CT molecular complexity index is 723. The number of aromatic amines is 1. The topological polar surface area (TPSA) is 95.1 Å². The standard InChI is InChI=1S/C11H11F2N3O3S/c1-6-10(5-17)11(15-14-6)20(18,19)16-9-3-7(12)2-8(13)4-9/h2-4,16-17H,5H2,1H3,(H,14,15). The van der Waals surface area contributed by atoms with Crippen LogP contribution in [0.15, 0.2) is 23.2 Å². The predicted molar refractivity (Wildman–Crippen MR) is 66.4 cm³/mol. The highest BCUT2D eigenvalue weighted by Gasteiger charge is 2.23. The average Bonchev–Trinajstić information content (AvgIpc) is 2.68. The van der Waals surface area contributed by atoms with Gasteiger partial charge in [0, 0.05) is 17.3 Å². The van der Waals surface area contributed by atoms with Crippen LogP contribution in [0.4, 0.5) is 14.5 Å². The van der Waals surface area contributed by atoms with E-state index in [4.69, 9.17) is 5.11 Å². The van der Waals surface area contributed by atoms with E-state index in [2.05, 4.69) is 10.2 Å². The number of aliphatic hydroxyl groups excluding tert-OH is 1. The number of hydrogen-bond donors (Lipinski definition) is 3. The van der Waals surface area contributed by atoms with Crippen molar-refractivity contribution in [3.8, 4) is 0 Å². The van der Waals surface area contributed by atoms with Gasteiger partial charge in [-0.1, -0.05) is 0 Å². The zero-order valence-corrected chi connectivity index (χ0v) is 11.1. The molecule has 2 rings (SSSR count). The molecular weight excluding hydrogens is 292 g/mol. The molecule has 0 radical (unpaired) electrons. The average molecular weight is 303 g/mol. The Balaban J connectivity index is 2.40. The van der Waals surface area contributed by atoms with Crippen molar-refractivity contribution < 1.29 is 22.3 Å². The van der Waals surface area contributed by atoms with Crippen LogP contribution in [0.3, 0.4) is 0 Å². The molecular formula is C11H11F2N3O3S. The second-order valence-corrected chi connectivity index (χ2v) is 5.65. The number of halogens is 2. The van der Waals surface area contributed by atoms with Gasteiger partial charge < -0.3 is 5.11 Å². The van der Waals surface area contributed by atoms with Crippen LogP contribution >= 0.6 is 0 Å². The van der Waals surface area contributed by atoms with Crippen molar-refractivity contribution in [2.24, 2.45) is 0 Å². The van der Waals surface area contributed by atoms with Gasteiger partial charge in [0.05, 0.1) is 12.3 Å². The molecule has 0 aliphatic heterocycles. The summed E-state index contributed by atoms with van der Waals surface area (Å²) < 4.78 is 52.2. The summed E-state index contributed by atoms with van der Waals surface area (Å²) in [6.07, 6.45) is 0. The molecule has 2 aromatic rings. The molecule has 0 atom stereocenters. The van der Waals surface area contributed by atoms with Crippen LogP contribution in [0.2, 0.25) is 0 Å². The monoisotopic (exact) mass is 303 g/mol. The maximum absolute atomic E-state index is 13.0. The quantitative estimate of drug-likeness (QED) is 0.793. The lowest BCUT2D eigenvalue weighted by molar-refractivity contribution is 0.277. The lowest BCUT2D eigenvalue weighted by Gasteiger charge is -2.07. The molecule has 1 aromatic heterocycles. The van der Waals surface area contributed by atoms with E-state index in [1.165, 1.54) is 0 Å². The van der Waals surface area contributed by atoms with Crippen molar-refractivity contribution in [2.45, 2.75) is 18.6 Å². The summed E-state index contributed by atoms with van der Waals surface area (Å²) in [6.45, 7) is 1.01. The number of anilines is 1. The number of aliphatic hydroxyl groups is 1. The third kappa shape index (κ3) is 2.78. The maximum atomic E-state index is 13.0. The van der Waals surface area contributed by atoms with Gasteiger partial charge in [-0.15, -0.1) is 0 Å². The third-order valence-corrected chi connectivity index (χ3v) is 3.91. The molecule has 0 aliphatic carbocycles. The van der Waals surface area contributed by atoms with Crippen molar-refractivity contribution in [3.05, 3.63) is 41.1 Å². The number of rotatable bonds is 4. The molecule has 0 amide bonds. The number of H-pyrrole nitrogens is 1. The summed E-state index contributed by atoms with van der Waals surface area (Å²) in [7, 11) is -4.15. The van der Waals surface area contributed by atoms with Crippen LogP contribution in [-0.4, -0.2) is 23.7 Å². The first-order chi connectivity index (χ1) is 9.33. The first kappa shape index (κ1) is 14.4. The second-order valence-electron chi connectivity index (χ2n) is 4.05. The van der Waals surface area contributed by atoms with Crippen molar-refractivity contribution in [1.82, 2.24) is 10.2 Å². The highest BCUT2D eigenvalue weighted by Crippen LogP contribution is 2.21. The molecule has 0 aliphatic rings. The molecule has 6 nitrogen and oxygen atoms in total. The second kappa shape index (κ2) is 5.17. The van der Waals surface area contributed by atoms with Crippen LogP contribution in [0, 0.1) is 18.6 Å². The molecule has 1 aromatic carbocycles. The number of benzene rings is 1. The van der Waals surface area contributed by atoms with Gasteiger partial charge in [-0.25, -0.2) is 8.78 Å². The van der Waals surface area contributed by atoms with E-state index in [1.54, 1.807) is 6.92 Å². The fraction of sp³-hybridized carbons (Fsp3) is 0.182. The zero-order chi connectivity index (χ0) is 14.9. The third-order valence-electron chi connectivity index (χ3n) is 2.56. The summed E-state index contributed by atoms with van der Waals surface area (Å²) in [5, 5.41) is 14.7. The number of nitrogens with zero attached hydrogens (tertiary/aromatic N) is 1. The minimum absolute atomic E-state index is 0.0920. The molecule has 0 unspecified atom stereocenters. The summed E-state index contributed by atoms with van der Waals surface area (Å²) in [5.41, 5.74) is 0.208. The lowest BCUT2D eigenvalue weighted by atomic mass is 10.3. The summed E-state index contributed by atoms with van der Waals surface area (Å²) in [4.78, 5) is 0. The van der Waals surface area contributed by atoms with Crippen molar-refractivity contribution in [3.63, 3.8) is 0 Å². The number of aryl methyl sites for hydroxylation is 1. The number of sulfonamides is 1. The predicted octanol–water partition coefficient (Wildman–Crippen LogP) is 1.29. The number of aromatic nitrogens is 2. The van der Waals surface area contributed by atoms with E-state index in [1.807, 2.05) is 4.72 Å². The Labute approximate surface area is 113 Å². The lowest BCUT2D eigenvalue weighted by Crippen LogP contribution is -2.15. The van der Waals surface area contributed by atoms with Crippen LogP contribution in [-0.2, 0) is 16.6 Å². The molecule has 0 bridgehead atoms. The zero-order valence-electron chi connectivity index (χ0n) is 10.3.